The van der Waals surface area contributed by atoms with Crippen LogP contribution in [0.2, 0.25) is 0 Å². The first-order valence-corrected chi connectivity index (χ1v) is 8.40. The summed E-state index contributed by atoms with van der Waals surface area (Å²) in [4.78, 5) is 18.2. The van der Waals surface area contributed by atoms with Gasteiger partial charge in [0.1, 0.15) is 5.82 Å². The molecule has 3 heterocycles. The van der Waals surface area contributed by atoms with Gasteiger partial charge < -0.3 is 4.90 Å². The summed E-state index contributed by atoms with van der Waals surface area (Å²) in [5.74, 6) is -0.232. The number of hydrogen-bond acceptors (Lipinski definition) is 5. The average Bonchev–Trinajstić information content (AvgIpc) is 3.06. The van der Waals surface area contributed by atoms with E-state index in [0.29, 0.717) is 30.2 Å². The molecule has 0 fully saturated rings. The molecular formula is C19H16F3N5. The van der Waals surface area contributed by atoms with Crippen molar-refractivity contribution < 1.29 is 13.2 Å². The first-order chi connectivity index (χ1) is 12.8. The van der Waals surface area contributed by atoms with E-state index in [-0.39, 0.29) is 5.82 Å². The largest absolute Gasteiger partial charge is 0.451 e. The van der Waals surface area contributed by atoms with E-state index in [9.17, 15) is 13.2 Å². The third kappa shape index (κ3) is 3.22. The highest BCUT2D eigenvalue weighted by Crippen LogP contribution is 2.33. The van der Waals surface area contributed by atoms with Crippen molar-refractivity contribution in [3.8, 4) is 11.4 Å². The molecule has 5 nitrogen and oxygen atoms in total. The smallest absolute Gasteiger partial charge is 0.346 e. The lowest BCUT2D eigenvalue weighted by Crippen LogP contribution is -2.22. The van der Waals surface area contributed by atoms with Crippen LogP contribution in [0.25, 0.3) is 11.4 Å². The van der Waals surface area contributed by atoms with Crippen molar-refractivity contribution in [1.82, 2.24) is 19.9 Å². The van der Waals surface area contributed by atoms with E-state index in [0.717, 1.165) is 16.8 Å². The number of rotatable bonds is 2. The monoisotopic (exact) mass is 371 g/mol. The van der Waals surface area contributed by atoms with Gasteiger partial charge in [0.25, 0.3) is 0 Å². The molecule has 0 radical (unpaired) electrons. The Morgan fingerprint density at radius 2 is 1.70 bits per heavy atom. The van der Waals surface area contributed by atoms with Gasteiger partial charge >= 0.3 is 6.18 Å². The number of aromatic nitrogens is 4. The molecule has 0 amide bonds. The third-order valence-corrected chi connectivity index (χ3v) is 4.60. The number of alkyl halides is 3. The first-order valence-electron chi connectivity index (χ1n) is 8.40. The Balaban J connectivity index is 1.69. The maximum Gasteiger partial charge on any atom is 0.451 e. The summed E-state index contributed by atoms with van der Waals surface area (Å²) < 4.78 is 39.3. The quantitative estimate of drug-likeness (QED) is 0.679. The molecule has 0 bridgehead atoms. The Morgan fingerprint density at radius 3 is 2.41 bits per heavy atom. The zero-order valence-corrected chi connectivity index (χ0v) is 14.7. The van der Waals surface area contributed by atoms with Gasteiger partial charge in [0.2, 0.25) is 5.82 Å². The Kier molecular flexibility index (Phi) is 4.05. The molecule has 8 heteroatoms. The molecule has 0 saturated heterocycles. The molecule has 0 aliphatic carbocycles. The van der Waals surface area contributed by atoms with Gasteiger partial charge in [-0.15, -0.1) is 0 Å². The fourth-order valence-electron chi connectivity index (χ4n) is 3.08. The highest BCUT2D eigenvalue weighted by molar-refractivity contribution is 5.57. The van der Waals surface area contributed by atoms with Crippen LogP contribution >= 0.6 is 0 Å². The minimum atomic E-state index is -4.58. The zero-order valence-electron chi connectivity index (χ0n) is 14.7. The molecule has 0 N–H and O–H groups in total. The number of anilines is 1. The van der Waals surface area contributed by atoms with Crippen LogP contribution in [0, 0.1) is 13.8 Å². The maximum atomic E-state index is 13.1. The van der Waals surface area contributed by atoms with E-state index in [2.05, 4.69) is 19.9 Å². The van der Waals surface area contributed by atoms with Crippen molar-refractivity contribution in [1.29, 1.82) is 0 Å². The Hall–Kier alpha value is -3.03. The summed E-state index contributed by atoms with van der Waals surface area (Å²) in [7, 11) is 0. The minimum absolute atomic E-state index is 0.286. The van der Waals surface area contributed by atoms with Crippen molar-refractivity contribution in [3.63, 3.8) is 0 Å². The summed E-state index contributed by atoms with van der Waals surface area (Å²) >= 11 is 0. The van der Waals surface area contributed by atoms with Gasteiger partial charge in [0, 0.05) is 35.1 Å². The third-order valence-electron chi connectivity index (χ3n) is 4.60. The fraction of sp³-hybridized carbons (Fsp3) is 0.263. The Labute approximate surface area is 153 Å². The van der Waals surface area contributed by atoms with Crippen molar-refractivity contribution in [2.24, 2.45) is 0 Å². The molecule has 1 aliphatic heterocycles. The molecule has 1 aliphatic rings. The molecule has 1 aromatic carbocycles. The van der Waals surface area contributed by atoms with Gasteiger partial charge in [0.15, 0.2) is 5.82 Å². The fourth-order valence-corrected chi connectivity index (χ4v) is 3.08. The van der Waals surface area contributed by atoms with Crippen LogP contribution in [0.1, 0.15) is 28.3 Å². The van der Waals surface area contributed by atoms with Gasteiger partial charge in [-0.05, 0) is 13.8 Å². The van der Waals surface area contributed by atoms with Crippen molar-refractivity contribution >= 4 is 5.82 Å². The van der Waals surface area contributed by atoms with Crippen molar-refractivity contribution in [2.75, 3.05) is 4.90 Å². The topological polar surface area (TPSA) is 54.8 Å². The summed E-state index contributed by atoms with van der Waals surface area (Å²) in [6.07, 6.45) is -2.85. The number of aryl methyl sites for hydroxylation is 1. The van der Waals surface area contributed by atoms with Gasteiger partial charge in [0.05, 0.1) is 12.2 Å². The number of nitrogens with zero attached hydrogens (tertiary/aromatic N) is 5. The molecular weight excluding hydrogens is 355 g/mol. The predicted octanol–water partition coefficient (Wildman–Crippen LogP) is 4.09. The van der Waals surface area contributed by atoms with E-state index >= 15 is 0 Å². The van der Waals surface area contributed by atoms with Crippen LogP contribution in [-0.2, 0) is 19.3 Å². The highest BCUT2D eigenvalue weighted by Gasteiger charge is 2.36. The summed E-state index contributed by atoms with van der Waals surface area (Å²) in [5.41, 5.74) is 3.53. The molecule has 0 saturated carbocycles. The predicted molar refractivity (Wildman–Crippen MR) is 93.9 cm³/mol. The van der Waals surface area contributed by atoms with Crippen LogP contribution < -0.4 is 4.90 Å². The minimum Gasteiger partial charge on any atom is -0.346 e. The number of benzene rings is 1. The average molecular weight is 371 g/mol. The normalized spacial score (nSPS) is 13.7. The van der Waals surface area contributed by atoms with Crippen molar-refractivity contribution in [3.05, 3.63) is 64.9 Å². The van der Waals surface area contributed by atoms with E-state index in [1.54, 1.807) is 24.9 Å². The lowest BCUT2D eigenvalue weighted by molar-refractivity contribution is -0.145. The molecule has 138 valence electrons. The van der Waals surface area contributed by atoms with E-state index < -0.39 is 12.0 Å². The van der Waals surface area contributed by atoms with Gasteiger partial charge in [-0.3, -0.25) is 0 Å². The molecule has 3 aromatic rings. The Bertz CT molecular complexity index is 1000. The molecule has 0 atom stereocenters. The van der Waals surface area contributed by atoms with Crippen LogP contribution in [0.4, 0.5) is 19.0 Å². The first kappa shape index (κ1) is 17.4. The van der Waals surface area contributed by atoms with Crippen LogP contribution in [0.3, 0.4) is 0 Å². The number of halogens is 3. The molecule has 2 aromatic heterocycles. The van der Waals surface area contributed by atoms with Crippen LogP contribution in [0.15, 0.2) is 36.5 Å². The maximum absolute atomic E-state index is 13.1. The van der Waals surface area contributed by atoms with E-state index in [1.165, 1.54) is 0 Å². The summed E-state index contributed by atoms with van der Waals surface area (Å²) in [5, 5.41) is 0. The van der Waals surface area contributed by atoms with E-state index in [1.807, 2.05) is 30.3 Å². The SMILES string of the molecule is Cc1nc(C(F)(F)F)nc(N2Cc3cnc(-c4ccccc4)nc3C2)c1C. The van der Waals surface area contributed by atoms with Gasteiger partial charge in [-0.2, -0.15) is 13.2 Å². The van der Waals surface area contributed by atoms with Gasteiger partial charge in [-0.1, -0.05) is 30.3 Å². The standard InChI is InChI=1S/C19H16F3N5/c1-11-12(2)24-18(19(20,21)22)26-17(11)27-9-14-8-23-16(25-15(14)10-27)13-6-4-3-5-7-13/h3-8H,9-10H2,1-2H3. The second kappa shape index (κ2) is 6.29. The second-order valence-electron chi connectivity index (χ2n) is 6.47. The zero-order chi connectivity index (χ0) is 19.2. The number of fused-ring (bicyclic) bond motifs is 1. The second-order valence-corrected chi connectivity index (χ2v) is 6.47. The highest BCUT2D eigenvalue weighted by atomic mass is 19.4. The van der Waals surface area contributed by atoms with Crippen LogP contribution in [-0.4, -0.2) is 19.9 Å². The van der Waals surface area contributed by atoms with E-state index in [4.69, 9.17) is 0 Å². The lowest BCUT2D eigenvalue weighted by atomic mass is 10.2. The van der Waals surface area contributed by atoms with Gasteiger partial charge in [-0.25, -0.2) is 19.9 Å². The Morgan fingerprint density at radius 1 is 0.963 bits per heavy atom. The summed E-state index contributed by atoms with van der Waals surface area (Å²) in [6.45, 7) is 4.09. The molecule has 4 rings (SSSR count). The van der Waals surface area contributed by atoms with Crippen LogP contribution in [0.5, 0.6) is 0 Å². The number of hydrogen-bond donors (Lipinski definition) is 0. The van der Waals surface area contributed by atoms with Crippen molar-refractivity contribution in [2.45, 2.75) is 33.1 Å². The molecule has 0 spiro atoms. The lowest BCUT2D eigenvalue weighted by Gasteiger charge is -2.20. The molecule has 0 unspecified atom stereocenters. The summed E-state index contributed by atoms with van der Waals surface area (Å²) in [6, 6.07) is 9.56. The molecule has 27 heavy (non-hydrogen) atoms.